The van der Waals surface area contributed by atoms with Gasteiger partial charge in [-0.3, -0.25) is 0 Å². The van der Waals surface area contributed by atoms with Crippen LogP contribution in [-0.2, 0) is 10.8 Å². The average molecular weight is 1730 g/mol. The zero-order chi connectivity index (χ0) is 91.9. The van der Waals surface area contributed by atoms with Gasteiger partial charge in [-0.15, -0.1) is 0 Å². The molecule has 0 atom stereocenters. The molecule has 0 aliphatic heterocycles. The van der Waals surface area contributed by atoms with Crippen LogP contribution in [0.5, 0.6) is 0 Å². The molecule has 652 valence electrons. The molecule has 20 aromatic carbocycles. The highest BCUT2D eigenvalue weighted by Crippen LogP contribution is 2.53. The minimum absolute atomic E-state index is 0.00241. The Morgan fingerprint density at radius 2 is 0.396 bits per heavy atom. The van der Waals surface area contributed by atoms with E-state index in [9.17, 15) is 0 Å². The van der Waals surface area contributed by atoms with Gasteiger partial charge in [0.25, 0.3) is 0 Å². The van der Waals surface area contributed by atoms with Crippen molar-refractivity contribution in [2.45, 2.75) is 59.3 Å². The Bertz CT molecular complexity index is 7130. The molecule has 0 spiro atoms. The Hall–Kier alpha value is -16.3. The molecule has 0 aromatic heterocycles. The maximum Gasteiger partial charge on any atom is 0.0465 e. The zero-order valence-corrected chi connectivity index (χ0v) is 77.7. The quantitative estimate of drug-likeness (QED) is 0.0900. The predicted octanol–water partition coefficient (Wildman–Crippen LogP) is 35.7. The van der Waals surface area contributed by atoms with Gasteiger partial charge in [-0.2, -0.15) is 0 Å². The van der Waals surface area contributed by atoms with E-state index in [1.54, 1.807) is 0 Å². The third-order valence-corrected chi connectivity index (χ3v) is 25.9. The van der Waals surface area contributed by atoms with Crippen LogP contribution in [0.2, 0.25) is 0 Å². The molecule has 0 unspecified atom stereocenters. The Labute approximate surface area is 792 Å². The Morgan fingerprint density at radius 1 is 0.149 bits per heavy atom. The second kappa shape index (κ2) is 40.4. The first-order valence-electron chi connectivity index (χ1n) is 46.4. The summed E-state index contributed by atoms with van der Waals surface area (Å²) in [6.45, 7) is 15.8. The molecule has 0 saturated heterocycles. The van der Waals surface area contributed by atoms with Crippen molar-refractivity contribution in [3.63, 3.8) is 0 Å². The van der Waals surface area contributed by atoms with Crippen LogP contribution < -0.4 is 24.5 Å². The lowest BCUT2D eigenvalue weighted by molar-refractivity contribution is 0.660. The highest BCUT2D eigenvalue weighted by atomic mass is 15.2. The van der Waals surface area contributed by atoms with Crippen molar-refractivity contribution in [3.8, 4) is 66.8 Å². The predicted molar refractivity (Wildman–Crippen MR) is 574 cm³/mol. The minimum Gasteiger partial charge on any atom is -0.345 e. The van der Waals surface area contributed by atoms with E-state index in [0.29, 0.717) is 0 Å². The topological polar surface area (TPSA) is 16.2 Å². The molecular weight excluding hydrogens is 1620 g/mol. The van der Waals surface area contributed by atoms with Crippen LogP contribution in [0.3, 0.4) is 0 Å². The maximum atomic E-state index is 2.38. The van der Waals surface area contributed by atoms with Gasteiger partial charge < -0.3 is 24.5 Å². The van der Waals surface area contributed by atoms with Crippen LogP contribution in [0, 0.1) is 20.8 Å². The van der Waals surface area contributed by atoms with Crippen molar-refractivity contribution in [2.24, 2.45) is 0 Å². The molecule has 22 rings (SSSR count). The van der Waals surface area contributed by atoms with Gasteiger partial charge in [-0.1, -0.05) is 390 Å². The summed E-state index contributed by atoms with van der Waals surface area (Å²) in [6, 6.07) is 181. The molecule has 0 bridgehead atoms. The van der Waals surface area contributed by atoms with Crippen molar-refractivity contribution >= 4 is 84.7 Å². The molecule has 2 aliphatic carbocycles. The number of aryl methyl sites for hydroxylation is 3. The van der Waals surface area contributed by atoms with Crippen molar-refractivity contribution in [1.82, 2.24) is 0 Å². The third-order valence-electron chi connectivity index (χ3n) is 25.9. The van der Waals surface area contributed by atoms with E-state index in [1.165, 1.54) is 173 Å². The summed E-state index contributed by atoms with van der Waals surface area (Å²) >= 11 is 0. The average Bonchev–Trinajstić information content (AvgIpc) is 1.58. The van der Waals surface area contributed by atoms with E-state index in [4.69, 9.17) is 0 Å². The van der Waals surface area contributed by atoms with Gasteiger partial charge in [0.1, 0.15) is 0 Å². The minimum atomic E-state index is -0.00819. The summed E-state index contributed by atoms with van der Waals surface area (Å²) in [6.07, 6.45) is 0. The number of rotatable bonds is 17. The molecule has 134 heavy (non-hydrogen) atoms. The van der Waals surface area contributed by atoms with E-state index < -0.39 is 0 Å². The van der Waals surface area contributed by atoms with Gasteiger partial charge in [0.15, 0.2) is 0 Å². The van der Waals surface area contributed by atoms with Crippen LogP contribution >= 0.6 is 0 Å². The normalized spacial score (nSPS) is 11.9. The van der Waals surface area contributed by atoms with Gasteiger partial charge in [0, 0.05) is 98.9 Å². The lowest BCUT2D eigenvalue weighted by Crippen LogP contribution is -2.16. The summed E-state index contributed by atoms with van der Waals surface area (Å²) < 4.78 is 0. The zero-order valence-electron chi connectivity index (χ0n) is 77.7. The first-order chi connectivity index (χ1) is 65.5. The standard InChI is InChI=1S/2C28H25N.2C25H21N.C23H19N/c1-20-14-16-24-25-17-15-23(19-27(25)28(2,3)26(24)18-20)29(21-10-6-4-7-11-21)22-12-8-5-9-13-22;1-20-13-15-22(16-14-20)29(21-9-5-4-6-10-21)23-17-18-25-24-11-7-8-12-26(24)28(2,3)27(25)19-23;1-26(24-16-8-14-22(18-24)20-10-4-2-5-11-20)25-17-9-15-23(19-25)21-12-6-3-7-13-21;1-20-12-14-21(15-13-20)22-16-18-25(19-17-22)26(23-8-4-2-5-9-23)24-10-6-3-7-11-24;1-24(22-9-3-2-4-10-22)23-15-13-19(14-16-23)21-12-11-18-7-5-6-8-20(18)17-21/h2*4-19H,1-3H3;2*2-19H,1H3;2-17H,1H3. The van der Waals surface area contributed by atoms with E-state index in [-0.39, 0.29) is 10.8 Å². The summed E-state index contributed by atoms with van der Waals surface area (Å²) in [5.41, 5.74) is 40.1. The molecular formula is C129H111N5. The fourth-order valence-corrected chi connectivity index (χ4v) is 18.5. The van der Waals surface area contributed by atoms with Crippen molar-refractivity contribution in [3.05, 3.63) is 549 Å². The van der Waals surface area contributed by atoms with Gasteiger partial charge in [-0.05, 0) is 284 Å². The summed E-state index contributed by atoms with van der Waals surface area (Å²) in [7, 11) is 4.22. The first kappa shape index (κ1) is 88.3. The number of hydrogen-bond donors (Lipinski definition) is 0. The fraction of sp³-hybridized carbons (Fsp3) is 0.0853. The Kier molecular flexibility index (Phi) is 26.6. The fourth-order valence-electron chi connectivity index (χ4n) is 18.5. The molecule has 0 amide bonds. The molecule has 2 aliphatic rings. The number of fused-ring (bicyclic) bond motifs is 7. The van der Waals surface area contributed by atoms with Crippen molar-refractivity contribution in [1.29, 1.82) is 0 Å². The lowest BCUT2D eigenvalue weighted by Gasteiger charge is -2.28. The van der Waals surface area contributed by atoms with Gasteiger partial charge in [0.05, 0.1) is 0 Å². The molecule has 0 radical (unpaired) electrons. The van der Waals surface area contributed by atoms with E-state index in [0.717, 1.165) is 17.1 Å². The number of para-hydroxylation sites is 6. The van der Waals surface area contributed by atoms with E-state index >= 15 is 0 Å². The van der Waals surface area contributed by atoms with Crippen LogP contribution in [-0.4, -0.2) is 14.1 Å². The van der Waals surface area contributed by atoms with Gasteiger partial charge >= 0.3 is 0 Å². The smallest absolute Gasteiger partial charge is 0.0465 e. The molecule has 20 aromatic rings. The molecule has 5 heteroatoms. The van der Waals surface area contributed by atoms with Crippen LogP contribution in [0.1, 0.15) is 66.6 Å². The maximum absolute atomic E-state index is 2.38. The molecule has 5 nitrogen and oxygen atoms in total. The number of benzene rings is 20. The number of hydrogen-bond acceptors (Lipinski definition) is 5. The lowest BCUT2D eigenvalue weighted by atomic mass is 9.82. The second-order valence-corrected chi connectivity index (χ2v) is 35.6. The monoisotopic (exact) mass is 1730 g/mol. The number of nitrogens with zero attached hydrogens (tertiary/aromatic N) is 5. The summed E-state index contributed by atoms with van der Waals surface area (Å²) in [4.78, 5) is 11.4. The molecule has 0 saturated carbocycles. The van der Waals surface area contributed by atoms with E-state index in [1.807, 2.05) is 18.2 Å². The largest absolute Gasteiger partial charge is 0.345 e. The second-order valence-electron chi connectivity index (χ2n) is 35.6. The SMILES string of the molecule is CN(c1cccc(-c2ccccc2)c1)c1cccc(-c2ccccc2)c1.CN(c1ccccc1)c1ccc(-c2ccc3ccccc3c2)cc1.Cc1ccc(-c2ccc(N(c3ccccc3)c3ccccc3)cc2)cc1.Cc1ccc(N(c2ccccc2)c2ccc3c(c2)C(C)(C)c2ccccc2-3)cc1.Cc1ccc2c(c1)C(C)(C)c1cc(N(c3ccccc3)c3ccccc3)ccc1-2. The van der Waals surface area contributed by atoms with Crippen LogP contribution in [0.15, 0.2) is 510 Å². The summed E-state index contributed by atoms with van der Waals surface area (Å²) in [5, 5.41) is 2.56. The van der Waals surface area contributed by atoms with Crippen LogP contribution in [0.25, 0.3) is 77.5 Å². The molecule has 0 fully saturated rings. The summed E-state index contributed by atoms with van der Waals surface area (Å²) in [5.74, 6) is 0. The van der Waals surface area contributed by atoms with Gasteiger partial charge in [-0.25, -0.2) is 0 Å². The third kappa shape index (κ3) is 19.7. The Balaban J connectivity index is 0.000000112. The molecule has 0 N–H and O–H groups in total. The number of anilines is 13. The highest BCUT2D eigenvalue weighted by Gasteiger charge is 2.38. The van der Waals surface area contributed by atoms with Crippen LogP contribution in [0.4, 0.5) is 73.9 Å². The Morgan fingerprint density at radius 3 is 0.836 bits per heavy atom. The highest BCUT2D eigenvalue weighted by molar-refractivity contribution is 5.91. The molecule has 0 heterocycles. The van der Waals surface area contributed by atoms with Crippen molar-refractivity contribution in [2.75, 3.05) is 38.6 Å². The van der Waals surface area contributed by atoms with E-state index in [2.05, 4.69) is 578 Å². The van der Waals surface area contributed by atoms with Crippen molar-refractivity contribution < 1.29 is 0 Å². The first-order valence-corrected chi connectivity index (χ1v) is 46.4. The van der Waals surface area contributed by atoms with Gasteiger partial charge in [0.2, 0.25) is 0 Å².